The van der Waals surface area contributed by atoms with E-state index < -0.39 is 0 Å². The van der Waals surface area contributed by atoms with Crippen LogP contribution in [0.4, 0.5) is 0 Å². The lowest BCUT2D eigenvalue weighted by molar-refractivity contribution is 0.361. The number of nitrogens with zero attached hydrogens (tertiary/aromatic N) is 1. The molecular formula is C12H11ClN2O. The van der Waals surface area contributed by atoms with E-state index in [0.717, 1.165) is 35.3 Å². The van der Waals surface area contributed by atoms with Crippen molar-refractivity contribution in [2.75, 3.05) is 13.1 Å². The van der Waals surface area contributed by atoms with Gasteiger partial charge in [-0.3, -0.25) is 0 Å². The van der Waals surface area contributed by atoms with Crippen molar-refractivity contribution < 1.29 is 4.42 Å². The number of halogens is 1. The second kappa shape index (κ2) is 3.92. The molecule has 4 heteroatoms. The Morgan fingerprint density at radius 3 is 2.62 bits per heavy atom. The number of nitrogens with one attached hydrogen (secondary N) is 1. The third-order valence-corrected chi connectivity index (χ3v) is 3.04. The van der Waals surface area contributed by atoms with Crippen LogP contribution < -0.4 is 5.32 Å². The molecule has 0 aliphatic carbocycles. The predicted octanol–water partition coefficient (Wildman–Crippen LogP) is 2.68. The van der Waals surface area contributed by atoms with E-state index in [1.807, 2.05) is 24.3 Å². The summed E-state index contributed by atoms with van der Waals surface area (Å²) in [5.41, 5.74) is 1.01. The second-order valence-electron chi connectivity index (χ2n) is 3.92. The molecule has 0 amide bonds. The standard InChI is InChI=1S/C12H11ClN2O/c13-10-3-1-8(2-4-10)11-7-15-12(16-11)9-5-14-6-9/h1-4,7,9,14H,5-6H2. The maximum Gasteiger partial charge on any atom is 0.200 e. The van der Waals surface area contributed by atoms with Gasteiger partial charge in [0.1, 0.15) is 0 Å². The molecule has 82 valence electrons. The first-order valence-electron chi connectivity index (χ1n) is 5.25. The van der Waals surface area contributed by atoms with Gasteiger partial charge in [0.15, 0.2) is 5.76 Å². The van der Waals surface area contributed by atoms with Gasteiger partial charge in [0.2, 0.25) is 5.89 Å². The van der Waals surface area contributed by atoms with E-state index in [-0.39, 0.29) is 0 Å². The van der Waals surface area contributed by atoms with Crippen LogP contribution in [0, 0.1) is 0 Å². The van der Waals surface area contributed by atoms with Gasteiger partial charge in [-0.2, -0.15) is 0 Å². The molecule has 1 saturated heterocycles. The van der Waals surface area contributed by atoms with Crippen molar-refractivity contribution in [1.29, 1.82) is 0 Å². The molecular weight excluding hydrogens is 224 g/mol. The fourth-order valence-corrected chi connectivity index (χ4v) is 1.81. The quantitative estimate of drug-likeness (QED) is 0.868. The van der Waals surface area contributed by atoms with E-state index in [1.165, 1.54) is 0 Å². The van der Waals surface area contributed by atoms with Gasteiger partial charge >= 0.3 is 0 Å². The van der Waals surface area contributed by atoms with E-state index in [9.17, 15) is 0 Å². The highest BCUT2D eigenvalue weighted by atomic mass is 35.5. The molecule has 1 aliphatic heterocycles. The third-order valence-electron chi connectivity index (χ3n) is 2.78. The monoisotopic (exact) mass is 234 g/mol. The molecule has 2 heterocycles. The van der Waals surface area contributed by atoms with Gasteiger partial charge in [-0.25, -0.2) is 4.98 Å². The minimum atomic E-state index is 0.432. The smallest absolute Gasteiger partial charge is 0.200 e. The van der Waals surface area contributed by atoms with Crippen molar-refractivity contribution in [1.82, 2.24) is 10.3 Å². The fourth-order valence-electron chi connectivity index (χ4n) is 1.69. The second-order valence-corrected chi connectivity index (χ2v) is 4.36. The largest absolute Gasteiger partial charge is 0.440 e. The van der Waals surface area contributed by atoms with Crippen LogP contribution >= 0.6 is 11.6 Å². The van der Waals surface area contributed by atoms with Gasteiger partial charge < -0.3 is 9.73 Å². The van der Waals surface area contributed by atoms with Crippen LogP contribution in [0.5, 0.6) is 0 Å². The molecule has 3 nitrogen and oxygen atoms in total. The Bertz CT molecular complexity index is 488. The highest BCUT2D eigenvalue weighted by Gasteiger charge is 2.23. The fraction of sp³-hybridized carbons (Fsp3) is 0.250. The Morgan fingerprint density at radius 1 is 1.25 bits per heavy atom. The summed E-state index contributed by atoms with van der Waals surface area (Å²) < 4.78 is 5.72. The number of rotatable bonds is 2. The molecule has 1 fully saturated rings. The van der Waals surface area contributed by atoms with Crippen LogP contribution in [0.2, 0.25) is 5.02 Å². The average molecular weight is 235 g/mol. The van der Waals surface area contributed by atoms with Crippen LogP contribution in [-0.2, 0) is 0 Å². The summed E-state index contributed by atoms with van der Waals surface area (Å²) in [5.74, 6) is 2.06. The topological polar surface area (TPSA) is 38.1 Å². The first-order valence-corrected chi connectivity index (χ1v) is 5.63. The molecule has 16 heavy (non-hydrogen) atoms. The maximum atomic E-state index is 5.83. The summed E-state index contributed by atoms with van der Waals surface area (Å²) in [4.78, 5) is 4.30. The van der Waals surface area contributed by atoms with Gasteiger partial charge in [-0.1, -0.05) is 11.6 Å². The minimum absolute atomic E-state index is 0.432. The number of aromatic nitrogens is 1. The maximum absolute atomic E-state index is 5.83. The van der Waals surface area contributed by atoms with E-state index in [1.54, 1.807) is 6.20 Å². The normalized spacial score (nSPS) is 16.1. The molecule has 1 N–H and O–H groups in total. The first-order chi connectivity index (χ1) is 7.83. The van der Waals surface area contributed by atoms with E-state index in [0.29, 0.717) is 5.92 Å². The lowest BCUT2D eigenvalue weighted by Crippen LogP contribution is -2.40. The molecule has 1 aliphatic rings. The van der Waals surface area contributed by atoms with Crippen LogP contribution in [-0.4, -0.2) is 18.1 Å². The molecule has 0 saturated carbocycles. The summed E-state index contributed by atoms with van der Waals surface area (Å²) in [6, 6.07) is 7.57. The predicted molar refractivity (Wildman–Crippen MR) is 62.6 cm³/mol. The van der Waals surface area contributed by atoms with Crippen LogP contribution in [0.25, 0.3) is 11.3 Å². The molecule has 1 aromatic heterocycles. The number of hydrogen-bond donors (Lipinski definition) is 1. The van der Waals surface area contributed by atoms with E-state index in [2.05, 4.69) is 10.3 Å². The van der Waals surface area contributed by atoms with Gasteiger partial charge in [0.25, 0.3) is 0 Å². The van der Waals surface area contributed by atoms with Gasteiger partial charge in [0, 0.05) is 23.7 Å². The molecule has 2 aromatic rings. The Labute approximate surface area is 98.4 Å². The summed E-state index contributed by atoms with van der Waals surface area (Å²) in [7, 11) is 0. The summed E-state index contributed by atoms with van der Waals surface area (Å²) >= 11 is 5.83. The lowest BCUT2D eigenvalue weighted by atomic mass is 10.0. The van der Waals surface area contributed by atoms with Crippen molar-refractivity contribution in [3.05, 3.63) is 41.4 Å². The van der Waals surface area contributed by atoms with Crippen LogP contribution in [0.3, 0.4) is 0 Å². The van der Waals surface area contributed by atoms with Crippen molar-refractivity contribution in [3.8, 4) is 11.3 Å². The Hall–Kier alpha value is -1.32. The highest BCUT2D eigenvalue weighted by Crippen LogP contribution is 2.26. The van der Waals surface area contributed by atoms with Crippen molar-refractivity contribution in [3.63, 3.8) is 0 Å². The minimum Gasteiger partial charge on any atom is -0.440 e. The number of hydrogen-bond acceptors (Lipinski definition) is 3. The molecule has 1 aromatic carbocycles. The highest BCUT2D eigenvalue weighted by molar-refractivity contribution is 6.30. The Kier molecular flexibility index (Phi) is 2.42. The van der Waals surface area contributed by atoms with Gasteiger partial charge in [-0.15, -0.1) is 0 Å². The zero-order valence-electron chi connectivity index (χ0n) is 8.61. The van der Waals surface area contributed by atoms with Crippen molar-refractivity contribution in [2.45, 2.75) is 5.92 Å². The molecule has 0 radical (unpaired) electrons. The lowest BCUT2D eigenvalue weighted by Gasteiger charge is -2.23. The van der Waals surface area contributed by atoms with E-state index >= 15 is 0 Å². The summed E-state index contributed by atoms with van der Waals surface area (Å²) in [6.45, 7) is 1.92. The summed E-state index contributed by atoms with van der Waals surface area (Å²) in [5, 5.41) is 3.93. The van der Waals surface area contributed by atoms with Gasteiger partial charge in [0.05, 0.1) is 12.1 Å². The van der Waals surface area contributed by atoms with Crippen molar-refractivity contribution in [2.24, 2.45) is 0 Å². The average Bonchev–Trinajstić information content (AvgIpc) is 2.65. The molecule has 0 bridgehead atoms. The number of benzene rings is 1. The molecule has 0 spiro atoms. The first kappa shape index (κ1) is 9.87. The van der Waals surface area contributed by atoms with Crippen LogP contribution in [0.15, 0.2) is 34.9 Å². The molecule has 0 unspecified atom stereocenters. The van der Waals surface area contributed by atoms with Crippen LogP contribution in [0.1, 0.15) is 11.8 Å². The Balaban J connectivity index is 1.88. The SMILES string of the molecule is Clc1ccc(-c2cnc(C3CNC3)o2)cc1. The zero-order valence-corrected chi connectivity index (χ0v) is 9.37. The molecule has 3 rings (SSSR count). The van der Waals surface area contributed by atoms with Gasteiger partial charge in [-0.05, 0) is 24.3 Å². The zero-order chi connectivity index (χ0) is 11.0. The third kappa shape index (κ3) is 1.72. The Morgan fingerprint density at radius 2 is 2.00 bits per heavy atom. The molecule has 0 atom stereocenters. The number of oxazole rings is 1. The van der Waals surface area contributed by atoms with Crippen molar-refractivity contribution >= 4 is 11.6 Å². The summed E-state index contributed by atoms with van der Waals surface area (Å²) in [6.07, 6.45) is 1.77. The van der Waals surface area contributed by atoms with E-state index in [4.69, 9.17) is 16.0 Å².